The Labute approximate surface area is 101 Å². The van der Waals surface area contributed by atoms with Crippen LogP contribution in [-0.4, -0.2) is 21.1 Å². The number of para-hydroxylation sites is 1. The molecule has 0 N–H and O–H groups in total. The zero-order chi connectivity index (χ0) is 12.5. The first-order valence-corrected chi connectivity index (χ1v) is 6.20. The van der Waals surface area contributed by atoms with Gasteiger partial charge in [0.2, 0.25) is 0 Å². The molecule has 0 heterocycles. The number of rotatable bonds is 3. The highest BCUT2D eigenvalue weighted by molar-refractivity contribution is 5.58. The lowest BCUT2D eigenvalue weighted by atomic mass is 9.91. The van der Waals surface area contributed by atoms with E-state index in [4.69, 9.17) is 0 Å². The summed E-state index contributed by atoms with van der Waals surface area (Å²) in [6.45, 7) is 9.11. The minimum Gasteiger partial charge on any atom is -0.298 e. The van der Waals surface area contributed by atoms with Crippen LogP contribution >= 0.6 is 0 Å². The van der Waals surface area contributed by atoms with Gasteiger partial charge in [-0.15, -0.1) is 0 Å². The largest absolute Gasteiger partial charge is 0.298 e. The lowest BCUT2D eigenvalue weighted by molar-refractivity contribution is 0.473. The van der Waals surface area contributed by atoms with Gasteiger partial charge >= 0.3 is 0 Å². The smallest absolute Gasteiger partial charge is 0.139 e. The van der Waals surface area contributed by atoms with Gasteiger partial charge in [-0.05, 0) is 11.8 Å². The Kier molecular flexibility index (Phi) is 3.80. The Morgan fingerprint density at radius 1 is 0.812 bits per heavy atom. The van der Waals surface area contributed by atoms with E-state index in [0.29, 0.717) is 11.8 Å². The van der Waals surface area contributed by atoms with Gasteiger partial charge in [0.05, 0.1) is 21.1 Å². The van der Waals surface area contributed by atoms with Crippen molar-refractivity contribution in [1.29, 1.82) is 0 Å². The van der Waals surface area contributed by atoms with Crippen molar-refractivity contribution >= 4 is 5.69 Å². The molecule has 0 radical (unpaired) electrons. The van der Waals surface area contributed by atoms with Crippen LogP contribution in [-0.2, 0) is 0 Å². The van der Waals surface area contributed by atoms with E-state index in [-0.39, 0.29) is 0 Å². The summed E-state index contributed by atoms with van der Waals surface area (Å²) < 4.78 is 0.905. The molecule has 90 valence electrons. The van der Waals surface area contributed by atoms with E-state index < -0.39 is 0 Å². The Hall–Kier alpha value is -0.820. The first-order chi connectivity index (χ1) is 7.25. The fourth-order valence-corrected chi connectivity index (χ4v) is 2.29. The third-order valence-electron chi connectivity index (χ3n) is 3.01. The second kappa shape index (κ2) is 4.58. The maximum Gasteiger partial charge on any atom is 0.139 e. The quantitative estimate of drug-likeness (QED) is 0.672. The fraction of sp³-hybridized carbons (Fsp3) is 0.600. The normalized spacial score (nSPS) is 12.6. The zero-order valence-corrected chi connectivity index (χ0v) is 11.8. The molecule has 1 aromatic carbocycles. The molecule has 0 atom stereocenters. The van der Waals surface area contributed by atoms with E-state index in [1.807, 2.05) is 0 Å². The molecule has 0 aromatic heterocycles. The van der Waals surface area contributed by atoms with E-state index in [2.05, 4.69) is 67.0 Å². The molecule has 0 unspecified atom stereocenters. The van der Waals surface area contributed by atoms with Gasteiger partial charge in [-0.3, -0.25) is 4.48 Å². The van der Waals surface area contributed by atoms with Crippen LogP contribution in [0.1, 0.15) is 50.7 Å². The van der Waals surface area contributed by atoms with Gasteiger partial charge < -0.3 is 0 Å². The molecule has 0 aliphatic rings. The van der Waals surface area contributed by atoms with E-state index in [1.165, 1.54) is 16.8 Å². The summed E-state index contributed by atoms with van der Waals surface area (Å²) in [6.07, 6.45) is 0. The maximum absolute atomic E-state index is 2.28. The van der Waals surface area contributed by atoms with Crippen molar-refractivity contribution in [3.63, 3.8) is 0 Å². The molecule has 0 bridgehead atoms. The molecular formula is C15H26N+. The van der Waals surface area contributed by atoms with E-state index in [1.54, 1.807) is 0 Å². The molecule has 1 aromatic rings. The average molecular weight is 220 g/mol. The number of hydrogen-bond donors (Lipinski definition) is 0. The lowest BCUT2D eigenvalue weighted by Gasteiger charge is -2.30. The summed E-state index contributed by atoms with van der Waals surface area (Å²) in [4.78, 5) is 0. The molecule has 0 spiro atoms. The van der Waals surface area contributed by atoms with Crippen molar-refractivity contribution in [2.75, 3.05) is 21.1 Å². The van der Waals surface area contributed by atoms with Gasteiger partial charge in [-0.2, -0.15) is 0 Å². The molecule has 0 saturated carbocycles. The van der Waals surface area contributed by atoms with Crippen LogP contribution in [0.2, 0.25) is 0 Å². The number of nitrogens with zero attached hydrogens (tertiary/aromatic N) is 1. The predicted molar refractivity (Wildman–Crippen MR) is 74.2 cm³/mol. The molecule has 1 nitrogen and oxygen atoms in total. The van der Waals surface area contributed by atoms with Crippen molar-refractivity contribution in [1.82, 2.24) is 4.48 Å². The summed E-state index contributed by atoms with van der Waals surface area (Å²) in [5.41, 5.74) is 4.46. The second-order valence-electron chi connectivity index (χ2n) is 6.11. The van der Waals surface area contributed by atoms with Crippen LogP contribution in [0, 0.1) is 0 Å². The molecular weight excluding hydrogens is 194 g/mol. The molecule has 0 amide bonds. The highest BCUT2D eigenvalue weighted by Gasteiger charge is 2.24. The maximum atomic E-state index is 2.28. The van der Waals surface area contributed by atoms with Gasteiger partial charge in [-0.25, -0.2) is 0 Å². The minimum atomic E-state index is 0.589. The number of quaternary nitrogens is 1. The third-order valence-corrected chi connectivity index (χ3v) is 3.01. The van der Waals surface area contributed by atoms with Crippen LogP contribution < -0.4 is 4.48 Å². The molecule has 1 rings (SSSR count). The molecule has 0 fully saturated rings. The van der Waals surface area contributed by atoms with Crippen LogP contribution in [0.25, 0.3) is 0 Å². The van der Waals surface area contributed by atoms with E-state index >= 15 is 0 Å². The van der Waals surface area contributed by atoms with Crippen molar-refractivity contribution in [2.24, 2.45) is 0 Å². The average Bonchev–Trinajstić information content (AvgIpc) is 2.15. The first kappa shape index (κ1) is 13.2. The minimum absolute atomic E-state index is 0.589. The molecule has 1 heteroatoms. The summed E-state index contributed by atoms with van der Waals surface area (Å²) in [7, 11) is 6.77. The van der Waals surface area contributed by atoms with Crippen molar-refractivity contribution in [3.05, 3.63) is 29.3 Å². The van der Waals surface area contributed by atoms with Crippen molar-refractivity contribution in [2.45, 2.75) is 39.5 Å². The van der Waals surface area contributed by atoms with Crippen molar-refractivity contribution in [3.8, 4) is 0 Å². The van der Waals surface area contributed by atoms with E-state index in [9.17, 15) is 0 Å². The number of benzene rings is 1. The van der Waals surface area contributed by atoms with Gasteiger partial charge in [0.1, 0.15) is 5.69 Å². The highest BCUT2D eigenvalue weighted by Crippen LogP contribution is 2.36. The molecule has 0 aliphatic carbocycles. The summed E-state index contributed by atoms with van der Waals surface area (Å²) in [6, 6.07) is 6.74. The monoisotopic (exact) mass is 220 g/mol. The van der Waals surface area contributed by atoms with Crippen molar-refractivity contribution < 1.29 is 0 Å². The Morgan fingerprint density at radius 3 is 1.44 bits per heavy atom. The Bertz CT molecular complexity index is 330. The summed E-state index contributed by atoms with van der Waals surface area (Å²) in [5, 5.41) is 0. The topological polar surface area (TPSA) is 0 Å². The molecule has 0 aliphatic heterocycles. The van der Waals surface area contributed by atoms with Crippen LogP contribution in [0.4, 0.5) is 5.69 Å². The Balaban J connectivity index is 3.48. The van der Waals surface area contributed by atoms with Gasteiger partial charge in [0, 0.05) is 11.1 Å². The van der Waals surface area contributed by atoms with Crippen LogP contribution in [0.5, 0.6) is 0 Å². The zero-order valence-electron chi connectivity index (χ0n) is 11.8. The summed E-state index contributed by atoms with van der Waals surface area (Å²) >= 11 is 0. The van der Waals surface area contributed by atoms with Crippen LogP contribution in [0.3, 0.4) is 0 Å². The first-order valence-electron chi connectivity index (χ1n) is 6.20. The lowest BCUT2D eigenvalue weighted by Crippen LogP contribution is -2.37. The SMILES string of the molecule is CC(C)c1cccc(C(C)C)c1[N+](C)(C)C. The van der Waals surface area contributed by atoms with Gasteiger partial charge in [-0.1, -0.05) is 45.9 Å². The predicted octanol–water partition coefficient (Wildman–Crippen LogP) is 4.13. The Morgan fingerprint density at radius 2 is 1.19 bits per heavy atom. The molecule has 0 saturated heterocycles. The molecule has 16 heavy (non-hydrogen) atoms. The van der Waals surface area contributed by atoms with Crippen LogP contribution in [0.15, 0.2) is 18.2 Å². The van der Waals surface area contributed by atoms with Gasteiger partial charge in [0.25, 0.3) is 0 Å². The fourth-order valence-electron chi connectivity index (χ4n) is 2.29. The third kappa shape index (κ3) is 2.65. The highest BCUT2D eigenvalue weighted by atomic mass is 15.3. The standard InChI is InChI=1S/C15H26N/c1-11(2)13-9-8-10-14(12(3)4)15(13)16(5,6)7/h8-12H,1-7H3/q+1. The van der Waals surface area contributed by atoms with E-state index in [0.717, 1.165) is 4.48 Å². The summed E-state index contributed by atoms with van der Waals surface area (Å²) in [5.74, 6) is 1.18. The second-order valence-corrected chi connectivity index (χ2v) is 6.11. The van der Waals surface area contributed by atoms with Gasteiger partial charge in [0.15, 0.2) is 0 Å². The number of hydrogen-bond acceptors (Lipinski definition) is 0.